The van der Waals surface area contributed by atoms with Gasteiger partial charge in [-0.2, -0.15) is 13.5 Å². The lowest BCUT2D eigenvalue weighted by Crippen LogP contribution is -2.53. The Labute approximate surface area is 204 Å². The van der Waals surface area contributed by atoms with Crippen molar-refractivity contribution in [3.05, 3.63) is 99.4 Å². The van der Waals surface area contributed by atoms with Gasteiger partial charge < -0.3 is 10.6 Å². The normalized spacial score (nSPS) is 17.5. The van der Waals surface area contributed by atoms with E-state index in [1.165, 1.54) is 10.6 Å². The number of halogens is 1. The molecule has 1 aliphatic carbocycles. The van der Waals surface area contributed by atoms with E-state index in [1.807, 2.05) is 0 Å². The third kappa shape index (κ3) is 6.06. The van der Waals surface area contributed by atoms with Gasteiger partial charge in [0.25, 0.3) is 17.4 Å². The van der Waals surface area contributed by atoms with Crippen molar-refractivity contribution in [3.8, 4) is 5.69 Å². The van der Waals surface area contributed by atoms with E-state index in [2.05, 4.69) is 10.6 Å². The minimum atomic E-state index is -0.199. The van der Waals surface area contributed by atoms with Gasteiger partial charge in [0.15, 0.2) is 0 Å². The molecular weight excluding hydrogens is 458 g/mol. The van der Waals surface area contributed by atoms with Crippen molar-refractivity contribution in [2.24, 2.45) is 0 Å². The Kier molecular flexibility index (Phi) is 8.36. The SMILES string of the molecule is O=C(N[C@H]1CCCC[C@H]1NC(=O)c1ccc(Cl)cc1)c1ccc(-n2ccccc2=O)cc1.S. The fourth-order valence-corrected chi connectivity index (χ4v) is 4.12. The van der Waals surface area contributed by atoms with Crippen LogP contribution in [-0.4, -0.2) is 28.5 Å². The average Bonchev–Trinajstić information content (AvgIpc) is 2.81. The number of nitrogens with one attached hydrogen (secondary N) is 2. The molecule has 0 spiro atoms. The standard InChI is InChI=1S/C25H24ClN3O3.H2S/c26-19-12-8-17(9-13-19)24(31)27-21-5-1-2-6-22(21)28-25(32)18-10-14-20(15-11-18)29-16-4-3-7-23(29)30;/h3-4,7-16,21-22H,1-2,5-6H2,(H,27,31)(H,28,32);1H2/t21-,22+;/m1./s1. The zero-order chi connectivity index (χ0) is 22.5. The summed E-state index contributed by atoms with van der Waals surface area (Å²) in [6, 6.07) is 18.3. The summed E-state index contributed by atoms with van der Waals surface area (Å²) in [7, 11) is 0. The van der Waals surface area contributed by atoms with Crippen molar-refractivity contribution < 1.29 is 9.59 Å². The Bertz CT molecular complexity index is 1160. The molecule has 3 aromatic rings. The molecule has 0 unspecified atom stereocenters. The minimum absolute atomic E-state index is 0. The summed E-state index contributed by atoms with van der Waals surface area (Å²) >= 11 is 5.90. The predicted octanol–water partition coefficient (Wildman–Crippen LogP) is 4.07. The molecule has 2 N–H and O–H groups in total. The van der Waals surface area contributed by atoms with Gasteiger partial charge in [0.2, 0.25) is 0 Å². The number of hydrogen-bond acceptors (Lipinski definition) is 3. The zero-order valence-corrected chi connectivity index (χ0v) is 19.7. The van der Waals surface area contributed by atoms with Crippen LogP contribution >= 0.6 is 25.1 Å². The summed E-state index contributed by atoms with van der Waals surface area (Å²) in [4.78, 5) is 37.5. The van der Waals surface area contributed by atoms with Gasteiger partial charge in [-0.1, -0.05) is 30.5 Å². The van der Waals surface area contributed by atoms with E-state index in [0.29, 0.717) is 21.8 Å². The third-order valence-corrected chi connectivity index (χ3v) is 5.99. The number of amides is 2. The van der Waals surface area contributed by atoms with Crippen LogP contribution in [0.1, 0.15) is 46.4 Å². The number of carbonyl (C=O) groups is 2. The first kappa shape index (κ1) is 24.6. The number of pyridine rings is 1. The molecule has 8 heteroatoms. The summed E-state index contributed by atoms with van der Waals surface area (Å²) < 4.78 is 1.52. The number of benzene rings is 2. The van der Waals surface area contributed by atoms with Gasteiger partial charge in [0.1, 0.15) is 0 Å². The maximum atomic E-state index is 12.9. The molecule has 1 heterocycles. The van der Waals surface area contributed by atoms with Crippen LogP contribution in [-0.2, 0) is 0 Å². The van der Waals surface area contributed by atoms with Crippen LogP contribution in [0, 0.1) is 0 Å². The van der Waals surface area contributed by atoms with Crippen molar-refractivity contribution in [2.75, 3.05) is 0 Å². The summed E-state index contributed by atoms with van der Waals surface area (Å²) in [5, 5.41) is 6.72. The van der Waals surface area contributed by atoms with Crippen molar-refractivity contribution in [1.82, 2.24) is 15.2 Å². The van der Waals surface area contributed by atoms with Crippen LogP contribution in [0.25, 0.3) is 5.69 Å². The van der Waals surface area contributed by atoms with E-state index in [-0.39, 0.29) is 43.0 Å². The van der Waals surface area contributed by atoms with E-state index in [0.717, 1.165) is 25.7 Å². The van der Waals surface area contributed by atoms with Crippen molar-refractivity contribution in [3.63, 3.8) is 0 Å². The molecule has 0 bridgehead atoms. The third-order valence-electron chi connectivity index (χ3n) is 5.74. The van der Waals surface area contributed by atoms with Crippen LogP contribution in [0.4, 0.5) is 0 Å². The Balaban J connectivity index is 0.00000306. The molecule has 1 aromatic heterocycles. The van der Waals surface area contributed by atoms with Gasteiger partial charge in [-0.25, -0.2) is 0 Å². The Morgan fingerprint density at radius 1 is 0.788 bits per heavy atom. The highest BCUT2D eigenvalue weighted by atomic mass is 35.5. The Morgan fingerprint density at radius 2 is 1.30 bits per heavy atom. The van der Waals surface area contributed by atoms with Crippen LogP contribution in [0.3, 0.4) is 0 Å². The lowest BCUT2D eigenvalue weighted by atomic mass is 9.89. The average molecular weight is 484 g/mol. The zero-order valence-electron chi connectivity index (χ0n) is 18.0. The Morgan fingerprint density at radius 3 is 1.82 bits per heavy atom. The molecule has 0 radical (unpaired) electrons. The van der Waals surface area contributed by atoms with E-state index in [1.54, 1.807) is 66.9 Å². The number of aromatic nitrogens is 1. The molecule has 2 atom stereocenters. The summed E-state index contributed by atoms with van der Waals surface area (Å²) in [5.74, 6) is -0.375. The second kappa shape index (κ2) is 11.2. The fourth-order valence-electron chi connectivity index (χ4n) is 4.00. The fraction of sp³-hybridized carbons (Fsp3) is 0.240. The van der Waals surface area contributed by atoms with Crippen molar-refractivity contribution in [1.29, 1.82) is 0 Å². The first-order valence-electron chi connectivity index (χ1n) is 10.7. The lowest BCUT2D eigenvalue weighted by Gasteiger charge is -2.33. The largest absolute Gasteiger partial charge is 0.347 e. The Hall–Kier alpha value is -3.03. The molecule has 0 saturated heterocycles. The van der Waals surface area contributed by atoms with Crippen LogP contribution in [0.2, 0.25) is 5.02 Å². The molecule has 4 rings (SSSR count). The highest BCUT2D eigenvalue weighted by Gasteiger charge is 2.28. The molecule has 6 nitrogen and oxygen atoms in total. The molecule has 1 saturated carbocycles. The van der Waals surface area contributed by atoms with Crippen molar-refractivity contribution >= 4 is 36.9 Å². The molecule has 2 aromatic carbocycles. The molecule has 0 aliphatic heterocycles. The van der Waals surface area contributed by atoms with Gasteiger partial charge >= 0.3 is 0 Å². The number of hydrogen-bond donors (Lipinski definition) is 2. The van der Waals surface area contributed by atoms with Gasteiger partial charge in [-0.3, -0.25) is 19.0 Å². The highest BCUT2D eigenvalue weighted by Crippen LogP contribution is 2.20. The van der Waals surface area contributed by atoms with Crippen LogP contribution in [0.15, 0.2) is 77.7 Å². The van der Waals surface area contributed by atoms with Crippen molar-refractivity contribution in [2.45, 2.75) is 37.8 Å². The first-order valence-corrected chi connectivity index (χ1v) is 11.0. The topological polar surface area (TPSA) is 80.2 Å². The van der Waals surface area contributed by atoms with Gasteiger partial charge in [-0.15, -0.1) is 0 Å². The lowest BCUT2D eigenvalue weighted by molar-refractivity contribution is 0.0863. The summed E-state index contributed by atoms with van der Waals surface area (Å²) in [6.07, 6.45) is 5.29. The predicted molar refractivity (Wildman–Crippen MR) is 135 cm³/mol. The highest BCUT2D eigenvalue weighted by molar-refractivity contribution is 7.59. The number of carbonyl (C=O) groups excluding carboxylic acids is 2. The number of nitrogens with zero attached hydrogens (tertiary/aromatic N) is 1. The molecule has 1 fully saturated rings. The van der Waals surface area contributed by atoms with E-state index in [9.17, 15) is 14.4 Å². The molecular formula is C25H26ClN3O3S. The monoisotopic (exact) mass is 483 g/mol. The second-order valence-electron chi connectivity index (χ2n) is 7.91. The number of rotatable bonds is 5. The quantitative estimate of drug-likeness (QED) is 0.574. The maximum Gasteiger partial charge on any atom is 0.255 e. The van der Waals surface area contributed by atoms with E-state index < -0.39 is 0 Å². The van der Waals surface area contributed by atoms with Gasteiger partial charge in [0, 0.05) is 46.2 Å². The van der Waals surface area contributed by atoms with Gasteiger partial charge in [0.05, 0.1) is 0 Å². The molecule has 172 valence electrons. The second-order valence-corrected chi connectivity index (χ2v) is 8.34. The first-order chi connectivity index (χ1) is 15.5. The molecule has 2 amide bonds. The van der Waals surface area contributed by atoms with E-state index >= 15 is 0 Å². The smallest absolute Gasteiger partial charge is 0.255 e. The van der Waals surface area contributed by atoms with Crippen LogP contribution < -0.4 is 16.2 Å². The van der Waals surface area contributed by atoms with Crippen LogP contribution in [0.5, 0.6) is 0 Å². The van der Waals surface area contributed by atoms with Gasteiger partial charge in [-0.05, 0) is 67.4 Å². The van der Waals surface area contributed by atoms with E-state index in [4.69, 9.17) is 11.6 Å². The summed E-state index contributed by atoms with van der Waals surface area (Å²) in [6.45, 7) is 0. The molecule has 1 aliphatic rings. The minimum Gasteiger partial charge on any atom is -0.347 e. The maximum absolute atomic E-state index is 12.9. The molecule has 33 heavy (non-hydrogen) atoms. The summed E-state index contributed by atoms with van der Waals surface area (Å²) in [5.41, 5.74) is 1.60.